The molecule has 1 N–H and O–H groups in total. The SMILES string of the molecule is Cc1cc(C)c(OC(C)(C)C(C)(C)O)c(C)c1. The van der Waals surface area contributed by atoms with Gasteiger partial charge in [-0.05, 0) is 59.6 Å². The van der Waals surface area contributed by atoms with Crippen LogP contribution in [0.5, 0.6) is 5.75 Å². The van der Waals surface area contributed by atoms with Crippen molar-refractivity contribution in [2.24, 2.45) is 0 Å². The molecular weight excluding hydrogens is 212 g/mol. The molecule has 0 aliphatic rings. The van der Waals surface area contributed by atoms with E-state index in [1.54, 1.807) is 13.8 Å². The summed E-state index contributed by atoms with van der Waals surface area (Å²) in [5.74, 6) is 0.878. The lowest BCUT2D eigenvalue weighted by Gasteiger charge is -2.38. The maximum Gasteiger partial charge on any atom is 0.131 e. The van der Waals surface area contributed by atoms with E-state index >= 15 is 0 Å². The summed E-state index contributed by atoms with van der Waals surface area (Å²) in [4.78, 5) is 0. The van der Waals surface area contributed by atoms with Gasteiger partial charge in [-0.2, -0.15) is 0 Å². The summed E-state index contributed by atoms with van der Waals surface area (Å²) < 4.78 is 6.03. The zero-order chi connectivity index (χ0) is 13.4. The normalized spacial score (nSPS) is 12.7. The fraction of sp³-hybridized carbons (Fsp3) is 0.600. The van der Waals surface area contributed by atoms with Crippen LogP contribution in [0.15, 0.2) is 12.1 Å². The highest BCUT2D eigenvalue weighted by Gasteiger charge is 2.37. The van der Waals surface area contributed by atoms with Crippen molar-refractivity contribution in [3.63, 3.8) is 0 Å². The number of hydrogen-bond donors (Lipinski definition) is 1. The average molecular weight is 236 g/mol. The Morgan fingerprint density at radius 2 is 1.35 bits per heavy atom. The molecule has 17 heavy (non-hydrogen) atoms. The monoisotopic (exact) mass is 236 g/mol. The third-order valence-corrected chi connectivity index (χ3v) is 3.44. The summed E-state index contributed by atoms with van der Waals surface area (Å²) in [6.07, 6.45) is 0. The minimum absolute atomic E-state index is 0.627. The highest BCUT2D eigenvalue weighted by Crippen LogP contribution is 2.32. The molecule has 96 valence electrons. The second-order valence-electron chi connectivity index (χ2n) is 5.90. The summed E-state index contributed by atoms with van der Waals surface area (Å²) in [5, 5.41) is 10.1. The van der Waals surface area contributed by atoms with Gasteiger partial charge in [0, 0.05) is 0 Å². The zero-order valence-electron chi connectivity index (χ0n) is 12.0. The Kier molecular flexibility index (Phi) is 3.58. The molecule has 0 radical (unpaired) electrons. The first-order valence-corrected chi connectivity index (χ1v) is 6.04. The Morgan fingerprint density at radius 3 is 1.71 bits per heavy atom. The van der Waals surface area contributed by atoms with Gasteiger partial charge in [0.25, 0.3) is 0 Å². The lowest BCUT2D eigenvalue weighted by molar-refractivity contribution is -0.0911. The van der Waals surface area contributed by atoms with Gasteiger partial charge in [-0.25, -0.2) is 0 Å². The van der Waals surface area contributed by atoms with Crippen molar-refractivity contribution < 1.29 is 9.84 Å². The molecule has 0 heterocycles. The number of aryl methyl sites for hydroxylation is 3. The number of hydrogen-bond acceptors (Lipinski definition) is 2. The number of ether oxygens (including phenoxy) is 1. The molecule has 1 aromatic carbocycles. The lowest BCUT2D eigenvalue weighted by Crippen LogP contribution is -2.49. The summed E-state index contributed by atoms with van der Waals surface area (Å²) in [7, 11) is 0. The molecule has 0 unspecified atom stereocenters. The largest absolute Gasteiger partial charge is 0.484 e. The predicted molar refractivity (Wildman–Crippen MR) is 71.7 cm³/mol. The van der Waals surface area contributed by atoms with E-state index in [9.17, 15) is 5.11 Å². The molecule has 0 bridgehead atoms. The van der Waals surface area contributed by atoms with E-state index in [0.717, 1.165) is 16.9 Å². The van der Waals surface area contributed by atoms with E-state index in [-0.39, 0.29) is 0 Å². The smallest absolute Gasteiger partial charge is 0.131 e. The van der Waals surface area contributed by atoms with Crippen LogP contribution >= 0.6 is 0 Å². The summed E-state index contributed by atoms with van der Waals surface area (Å²) in [5.41, 5.74) is 1.93. The molecule has 1 aromatic rings. The summed E-state index contributed by atoms with van der Waals surface area (Å²) >= 11 is 0. The molecule has 0 amide bonds. The van der Waals surface area contributed by atoms with Gasteiger partial charge in [0.1, 0.15) is 11.4 Å². The highest BCUT2D eigenvalue weighted by molar-refractivity contribution is 5.43. The second-order valence-corrected chi connectivity index (χ2v) is 5.90. The predicted octanol–water partition coefficient (Wildman–Crippen LogP) is 3.54. The van der Waals surface area contributed by atoms with Crippen molar-refractivity contribution in [3.05, 3.63) is 28.8 Å². The Morgan fingerprint density at radius 1 is 0.941 bits per heavy atom. The van der Waals surface area contributed by atoms with Gasteiger partial charge in [-0.3, -0.25) is 0 Å². The van der Waals surface area contributed by atoms with Crippen LogP contribution < -0.4 is 4.74 Å². The summed E-state index contributed by atoms with van der Waals surface area (Å²) in [6, 6.07) is 4.20. The van der Waals surface area contributed by atoms with Crippen LogP contribution in [-0.2, 0) is 0 Å². The Labute approximate surface area is 105 Å². The standard InChI is InChI=1S/C15H24O2/c1-10-8-11(2)13(12(3)9-10)17-15(6,7)14(4,5)16/h8-9,16H,1-7H3. The average Bonchev–Trinajstić information content (AvgIpc) is 2.09. The van der Waals surface area contributed by atoms with E-state index in [1.807, 2.05) is 27.7 Å². The number of aliphatic hydroxyl groups is 1. The van der Waals surface area contributed by atoms with Crippen LogP contribution in [0.4, 0.5) is 0 Å². The fourth-order valence-electron chi connectivity index (χ4n) is 1.71. The van der Waals surface area contributed by atoms with Crippen molar-refractivity contribution in [2.75, 3.05) is 0 Å². The van der Waals surface area contributed by atoms with E-state index in [0.29, 0.717) is 0 Å². The van der Waals surface area contributed by atoms with E-state index in [1.165, 1.54) is 5.56 Å². The third-order valence-electron chi connectivity index (χ3n) is 3.44. The van der Waals surface area contributed by atoms with Crippen LogP contribution in [0.1, 0.15) is 44.4 Å². The van der Waals surface area contributed by atoms with Crippen LogP contribution in [0.25, 0.3) is 0 Å². The van der Waals surface area contributed by atoms with Crippen molar-refractivity contribution in [1.82, 2.24) is 0 Å². The van der Waals surface area contributed by atoms with Crippen molar-refractivity contribution in [2.45, 2.75) is 59.7 Å². The Bertz CT molecular complexity index is 388. The molecular formula is C15H24O2. The quantitative estimate of drug-likeness (QED) is 0.869. The highest BCUT2D eigenvalue weighted by atomic mass is 16.5. The first-order chi connectivity index (χ1) is 7.54. The Hall–Kier alpha value is -1.02. The van der Waals surface area contributed by atoms with E-state index < -0.39 is 11.2 Å². The van der Waals surface area contributed by atoms with Gasteiger partial charge in [0.2, 0.25) is 0 Å². The van der Waals surface area contributed by atoms with Gasteiger partial charge in [0.05, 0.1) is 5.60 Å². The molecule has 0 saturated heterocycles. The molecule has 2 nitrogen and oxygen atoms in total. The first kappa shape index (κ1) is 14.0. The van der Waals surface area contributed by atoms with Crippen molar-refractivity contribution in [3.8, 4) is 5.75 Å². The second kappa shape index (κ2) is 4.34. The maximum absolute atomic E-state index is 10.1. The van der Waals surface area contributed by atoms with E-state index in [2.05, 4.69) is 19.1 Å². The summed E-state index contributed by atoms with van der Waals surface area (Å²) in [6.45, 7) is 13.5. The molecule has 0 atom stereocenters. The van der Waals surface area contributed by atoms with Crippen LogP contribution in [0, 0.1) is 20.8 Å². The van der Waals surface area contributed by atoms with Gasteiger partial charge >= 0.3 is 0 Å². The topological polar surface area (TPSA) is 29.5 Å². The van der Waals surface area contributed by atoms with Crippen LogP contribution in [-0.4, -0.2) is 16.3 Å². The maximum atomic E-state index is 10.1. The first-order valence-electron chi connectivity index (χ1n) is 6.04. The third kappa shape index (κ3) is 3.01. The van der Waals surface area contributed by atoms with Crippen molar-refractivity contribution in [1.29, 1.82) is 0 Å². The molecule has 0 aromatic heterocycles. The van der Waals surface area contributed by atoms with Crippen molar-refractivity contribution >= 4 is 0 Å². The minimum atomic E-state index is -0.892. The van der Waals surface area contributed by atoms with Gasteiger partial charge < -0.3 is 9.84 Å². The number of rotatable bonds is 3. The molecule has 0 fully saturated rings. The van der Waals surface area contributed by atoms with Gasteiger partial charge in [-0.15, -0.1) is 0 Å². The molecule has 2 heteroatoms. The number of benzene rings is 1. The zero-order valence-corrected chi connectivity index (χ0v) is 12.0. The van der Waals surface area contributed by atoms with Crippen LogP contribution in [0.3, 0.4) is 0 Å². The Balaban J connectivity index is 3.13. The molecule has 0 aliphatic heterocycles. The molecule has 1 rings (SSSR count). The van der Waals surface area contributed by atoms with Gasteiger partial charge in [-0.1, -0.05) is 17.7 Å². The van der Waals surface area contributed by atoms with E-state index in [4.69, 9.17) is 4.74 Å². The molecule has 0 spiro atoms. The van der Waals surface area contributed by atoms with Gasteiger partial charge in [0.15, 0.2) is 0 Å². The minimum Gasteiger partial charge on any atom is -0.484 e. The fourth-order valence-corrected chi connectivity index (χ4v) is 1.71. The lowest BCUT2D eigenvalue weighted by atomic mass is 9.89. The van der Waals surface area contributed by atoms with Crippen LogP contribution in [0.2, 0.25) is 0 Å². The molecule has 0 saturated carbocycles. The molecule has 0 aliphatic carbocycles.